The van der Waals surface area contributed by atoms with Gasteiger partial charge in [0.1, 0.15) is 0 Å². The minimum Gasteiger partial charge on any atom is -0.481 e. The van der Waals surface area contributed by atoms with Gasteiger partial charge in [-0.25, -0.2) is 4.79 Å². The van der Waals surface area contributed by atoms with Crippen LogP contribution >= 0.6 is 0 Å². The number of carboxylic acid groups (broad SMARTS) is 1. The van der Waals surface area contributed by atoms with Crippen molar-refractivity contribution >= 4 is 12.0 Å². The van der Waals surface area contributed by atoms with Crippen LogP contribution in [-0.2, 0) is 4.79 Å². The molecule has 1 aliphatic carbocycles. The molecule has 1 aliphatic rings. The highest BCUT2D eigenvalue weighted by molar-refractivity contribution is 5.76. The number of carbonyl (C=O) groups is 2. The Labute approximate surface area is 115 Å². The zero-order chi connectivity index (χ0) is 14.6. The van der Waals surface area contributed by atoms with Crippen molar-refractivity contribution in [3.05, 3.63) is 0 Å². The molecule has 2 N–H and O–H groups in total. The Morgan fingerprint density at radius 1 is 1.37 bits per heavy atom. The maximum atomic E-state index is 11.9. The molecule has 5 nitrogen and oxygen atoms in total. The van der Waals surface area contributed by atoms with Gasteiger partial charge in [-0.15, -0.1) is 0 Å². The summed E-state index contributed by atoms with van der Waals surface area (Å²) in [4.78, 5) is 24.8. The highest BCUT2D eigenvalue weighted by atomic mass is 16.4. The van der Waals surface area contributed by atoms with Crippen LogP contribution in [0.5, 0.6) is 0 Å². The minimum atomic E-state index is -0.846. The first-order valence-corrected chi connectivity index (χ1v) is 6.94. The van der Waals surface area contributed by atoms with Crippen molar-refractivity contribution in [3.8, 4) is 0 Å². The number of nitrogens with one attached hydrogen (secondary N) is 1. The fourth-order valence-electron chi connectivity index (χ4n) is 2.26. The van der Waals surface area contributed by atoms with Crippen molar-refractivity contribution < 1.29 is 14.7 Å². The molecule has 0 heterocycles. The molecule has 0 aromatic rings. The SMILES string of the molecule is CN(C(=O)NCC(CC(C)(C)C)C(=O)O)C1CCC1. The number of hydrogen-bond donors (Lipinski definition) is 2. The Balaban J connectivity index is 2.42. The van der Waals surface area contributed by atoms with Crippen molar-refractivity contribution in [1.29, 1.82) is 0 Å². The van der Waals surface area contributed by atoms with E-state index in [-0.39, 0.29) is 18.0 Å². The molecule has 0 aliphatic heterocycles. The predicted molar refractivity (Wildman–Crippen MR) is 74.0 cm³/mol. The van der Waals surface area contributed by atoms with E-state index in [9.17, 15) is 14.7 Å². The third-order valence-corrected chi connectivity index (χ3v) is 3.65. The first kappa shape index (κ1) is 15.8. The van der Waals surface area contributed by atoms with Crippen molar-refractivity contribution in [3.63, 3.8) is 0 Å². The highest BCUT2D eigenvalue weighted by Gasteiger charge is 2.28. The molecule has 0 saturated heterocycles. The maximum Gasteiger partial charge on any atom is 0.317 e. The Bertz CT molecular complexity index is 332. The van der Waals surface area contributed by atoms with Gasteiger partial charge >= 0.3 is 12.0 Å². The van der Waals surface area contributed by atoms with E-state index in [1.807, 2.05) is 20.8 Å². The number of urea groups is 1. The quantitative estimate of drug-likeness (QED) is 0.805. The van der Waals surface area contributed by atoms with E-state index in [0.717, 1.165) is 12.8 Å². The number of amides is 2. The second-order valence-electron chi connectivity index (χ2n) is 6.68. The van der Waals surface area contributed by atoms with Gasteiger partial charge in [-0.05, 0) is 31.1 Å². The molecule has 0 aromatic heterocycles. The topological polar surface area (TPSA) is 69.6 Å². The lowest BCUT2D eigenvalue weighted by atomic mass is 9.84. The largest absolute Gasteiger partial charge is 0.481 e. The van der Waals surface area contributed by atoms with Gasteiger partial charge in [-0.3, -0.25) is 4.79 Å². The molecular weight excluding hydrogens is 244 g/mol. The fourth-order valence-corrected chi connectivity index (χ4v) is 2.26. The van der Waals surface area contributed by atoms with E-state index in [0.29, 0.717) is 12.5 Å². The molecule has 19 heavy (non-hydrogen) atoms. The average molecular weight is 270 g/mol. The lowest BCUT2D eigenvalue weighted by Crippen LogP contribution is -2.48. The van der Waals surface area contributed by atoms with Crippen LogP contribution in [0.1, 0.15) is 46.5 Å². The van der Waals surface area contributed by atoms with E-state index < -0.39 is 11.9 Å². The number of nitrogens with zero attached hydrogens (tertiary/aromatic N) is 1. The zero-order valence-electron chi connectivity index (χ0n) is 12.4. The van der Waals surface area contributed by atoms with Crippen LogP contribution in [0.4, 0.5) is 4.79 Å². The number of hydrogen-bond acceptors (Lipinski definition) is 2. The van der Waals surface area contributed by atoms with Crippen molar-refractivity contribution in [1.82, 2.24) is 10.2 Å². The first-order chi connectivity index (χ1) is 8.70. The van der Waals surface area contributed by atoms with Gasteiger partial charge < -0.3 is 15.3 Å². The summed E-state index contributed by atoms with van der Waals surface area (Å²) in [5, 5.41) is 11.9. The molecule has 0 aromatic carbocycles. The van der Waals surface area contributed by atoms with E-state index in [2.05, 4.69) is 5.32 Å². The Morgan fingerprint density at radius 2 is 1.95 bits per heavy atom. The molecule has 1 rings (SSSR count). The fraction of sp³-hybridized carbons (Fsp3) is 0.857. The number of carboxylic acids is 1. The van der Waals surface area contributed by atoms with Crippen LogP contribution in [0.15, 0.2) is 0 Å². The lowest BCUT2D eigenvalue weighted by molar-refractivity contribution is -0.142. The van der Waals surface area contributed by atoms with E-state index in [1.54, 1.807) is 11.9 Å². The molecule has 0 radical (unpaired) electrons. The second kappa shape index (κ2) is 6.26. The summed E-state index contributed by atoms with van der Waals surface area (Å²) in [6, 6.07) is 0.163. The van der Waals surface area contributed by atoms with Gasteiger partial charge in [0.25, 0.3) is 0 Å². The molecule has 110 valence electrons. The maximum absolute atomic E-state index is 11.9. The Kier molecular flexibility index (Phi) is 5.20. The summed E-state index contributed by atoms with van der Waals surface area (Å²) in [6.45, 7) is 6.21. The van der Waals surface area contributed by atoms with E-state index >= 15 is 0 Å². The van der Waals surface area contributed by atoms with E-state index in [1.165, 1.54) is 6.42 Å². The summed E-state index contributed by atoms with van der Waals surface area (Å²) in [7, 11) is 1.78. The third-order valence-electron chi connectivity index (χ3n) is 3.65. The first-order valence-electron chi connectivity index (χ1n) is 6.94. The minimum absolute atomic E-state index is 0.0618. The molecule has 1 atom stereocenters. The Morgan fingerprint density at radius 3 is 2.32 bits per heavy atom. The number of rotatable bonds is 5. The summed E-state index contributed by atoms with van der Waals surface area (Å²) in [5.74, 6) is -1.37. The predicted octanol–water partition coefficient (Wildman–Crippen LogP) is 2.32. The van der Waals surface area contributed by atoms with Gasteiger partial charge in [0.15, 0.2) is 0 Å². The van der Waals surface area contributed by atoms with Gasteiger partial charge in [0.05, 0.1) is 5.92 Å². The molecule has 1 unspecified atom stereocenters. The van der Waals surface area contributed by atoms with Crippen molar-refractivity contribution in [2.75, 3.05) is 13.6 Å². The monoisotopic (exact) mass is 270 g/mol. The summed E-state index contributed by atoms with van der Waals surface area (Å²) >= 11 is 0. The zero-order valence-corrected chi connectivity index (χ0v) is 12.4. The summed E-state index contributed by atoms with van der Waals surface area (Å²) in [6.07, 6.45) is 3.82. The van der Waals surface area contributed by atoms with Gasteiger partial charge in [0, 0.05) is 19.6 Å². The van der Waals surface area contributed by atoms with Gasteiger partial charge in [-0.1, -0.05) is 20.8 Å². The molecule has 1 saturated carbocycles. The standard InChI is InChI=1S/C14H26N2O3/c1-14(2,3)8-10(12(17)18)9-15-13(19)16(4)11-6-5-7-11/h10-11H,5-9H2,1-4H3,(H,15,19)(H,17,18). The van der Waals surface area contributed by atoms with Crippen molar-refractivity contribution in [2.45, 2.75) is 52.5 Å². The molecular formula is C14H26N2O3. The van der Waals surface area contributed by atoms with Crippen LogP contribution in [0.25, 0.3) is 0 Å². The molecule has 5 heteroatoms. The number of carbonyl (C=O) groups excluding carboxylic acids is 1. The average Bonchev–Trinajstić information content (AvgIpc) is 2.19. The van der Waals surface area contributed by atoms with Crippen LogP contribution in [0.3, 0.4) is 0 Å². The third kappa shape index (κ3) is 5.09. The van der Waals surface area contributed by atoms with Crippen molar-refractivity contribution in [2.24, 2.45) is 11.3 Å². The highest BCUT2D eigenvalue weighted by Crippen LogP contribution is 2.25. The molecule has 1 fully saturated rings. The summed E-state index contributed by atoms with van der Waals surface area (Å²) < 4.78 is 0. The summed E-state index contributed by atoms with van der Waals surface area (Å²) in [5.41, 5.74) is -0.0618. The van der Waals surface area contributed by atoms with Crippen LogP contribution in [-0.4, -0.2) is 41.6 Å². The Hall–Kier alpha value is -1.26. The second-order valence-corrected chi connectivity index (χ2v) is 6.68. The molecule has 0 spiro atoms. The molecule has 0 bridgehead atoms. The van der Waals surface area contributed by atoms with Crippen LogP contribution in [0, 0.1) is 11.3 Å². The molecule has 2 amide bonds. The van der Waals surface area contributed by atoms with Gasteiger partial charge in [0.2, 0.25) is 0 Å². The van der Waals surface area contributed by atoms with Gasteiger partial charge in [-0.2, -0.15) is 0 Å². The van der Waals surface area contributed by atoms with Crippen LogP contribution < -0.4 is 5.32 Å². The smallest absolute Gasteiger partial charge is 0.317 e. The lowest BCUT2D eigenvalue weighted by Gasteiger charge is -2.35. The van der Waals surface area contributed by atoms with E-state index in [4.69, 9.17) is 0 Å². The van der Waals surface area contributed by atoms with Crippen LogP contribution in [0.2, 0.25) is 0 Å². The number of aliphatic carboxylic acids is 1. The normalized spacial score (nSPS) is 17.5.